The largest absolute Gasteiger partial charge is 0.368 e. The van der Waals surface area contributed by atoms with Crippen LogP contribution in [0.3, 0.4) is 0 Å². The lowest BCUT2D eigenvalue weighted by Crippen LogP contribution is -2.54. The first-order valence-electron chi connectivity index (χ1n) is 9.50. The number of allylic oxidation sites excluding steroid dienone is 3. The quantitative estimate of drug-likeness (QED) is 0.548. The van der Waals surface area contributed by atoms with Gasteiger partial charge in [0.25, 0.3) is 5.69 Å². The van der Waals surface area contributed by atoms with Crippen LogP contribution in [-0.2, 0) is 9.59 Å². The molecule has 10 heteroatoms. The molecule has 0 N–H and O–H groups in total. The number of rotatable bonds is 4. The van der Waals surface area contributed by atoms with Gasteiger partial charge in [-0.2, -0.15) is 4.99 Å². The van der Waals surface area contributed by atoms with Gasteiger partial charge in [-0.1, -0.05) is 18.2 Å². The van der Waals surface area contributed by atoms with Crippen molar-refractivity contribution in [1.29, 1.82) is 0 Å². The third-order valence-electron chi connectivity index (χ3n) is 5.34. The van der Waals surface area contributed by atoms with Gasteiger partial charge in [0.15, 0.2) is 0 Å². The summed E-state index contributed by atoms with van der Waals surface area (Å²) in [5, 5.41) is 10.8. The monoisotopic (exact) mass is 409 g/mol. The van der Waals surface area contributed by atoms with Gasteiger partial charge in [0, 0.05) is 44.0 Å². The number of nitro groups is 1. The number of piperazine rings is 1. The Morgan fingerprint density at radius 1 is 1.10 bits per heavy atom. The summed E-state index contributed by atoms with van der Waals surface area (Å²) in [6.45, 7) is 1.60. The summed E-state index contributed by atoms with van der Waals surface area (Å²) in [5.41, 5.74) is 1.26. The van der Waals surface area contributed by atoms with Crippen LogP contribution in [0.25, 0.3) is 0 Å². The molecule has 30 heavy (non-hydrogen) atoms. The normalized spacial score (nSPS) is 20.9. The molecule has 1 aromatic carbocycles. The lowest BCUT2D eigenvalue weighted by molar-refractivity contribution is -0.384. The second-order valence-electron chi connectivity index (χ2n) is 7.11. The highest BCUT2D eigenvalue weighted by Gasteiger charge is 2.37. The number of amides is 4. The molecule has 4 amide bonds. The summed E-state index contributed by atoms with van der Waals surface area (Å²) in [6, 6.07) is 5.54. The van der Waals surface area contributed by atoms with Crippen molar-refractivity contribution in [2.45, 2.75) is 0 Å². The Morgan fingerprint density at radius 3 is 2.47 bits per heavy atom. The van der Waals surface area contributed by atoms with Crippen molar-refractivity contribution in [3.05, 3.63) is 58.7 Å². The summed E-state index contributed by atoms with van der Waals surface area (Å²) in [6.07, 6.45) is 6.71. The average Bonchev–Trinajstić information content (AvgIpc) is 2.76. The average molecular weight is 409 g/mol. The van der Waals surface area contributed by atoms with E-state index >= 15 is 0 Å². The maximum atomic E-state index is 12.7. The number of urea groups is 1. The van der Waals surface area contributed by atoms with Gasteiger partial charge in [-0.05, 0) is 18.2 Å². The molecule has 4 rings (SSSR count). The van der Waals surface area contributed by atoms with E-state index < -0.39 is 22.8 Å². The van der Waals surface area contributed by atoms with E-state index in [1.807, 2.05) is 4.90 Å². The fraction of sp³-hybridized carbons (Fsp3) is 0.300. The number of imide groups is 1. The second-order valence-corrected chi connectivity index (χ2v) is 7.11. The molecule has 1 aromatic rings. The molecule has 2 heterocycles. The van der Waals surface area contributed by atoms with Crippen molar-refractivity contribution >= 4 is 34.9 Å². The molecule has 0 spiro atoms. The summed E-state index contributed by atoms with van der Waals surface area (Å²) in [4.78, 5) is 56.3. The lowest BCUT2D eigenvalue weighted by atomic mass is 9.95. The molecule has 0 radical (unpaired) electrons. The molecule has 154 valence electrons. The third-order valence-corrected chi connectivity index (χ3v) is 5.34. The number of anilines is 1. The Labute approximate surface area is 171 Å². The second kappa shape index (κ2) is 7.90. The SMILES string of the molecule is O=C(CN1C(=O)N=C2C=CC=CC2C1=O)N1CCN(c2ccc([N+](=O)[O-])cc2)CC1. The number of fused-ring (bicyclic) bond motifs is 1. The predicted octanol–water partition coefficient (Wildman–Crippen LogP) is 1.39. The van der Waals surface area contributed by atoms with E-state index in [0.29, 0.717) is 31.9 Å². The first kappa shape index (κ1) is 19.5. The van der Waals surface area contributed by atoms with Crippen molar-refractivity contribution in [2.75, 3.05) is 37.6 Å². The van der Waals surface area contributed by atoms with Gasteiger partial charge >= 0.3 is 6.03 Å². The zero-order valence-corrected chi connectivity index (χ0v) is 16.0. The Bertz CT molecular complexity index is 989. The minimum atomic E-state index is -0.718. The highest BCUT2D eigenvalue weighted by atomic mass is 16.6. The smallest absolute Gasteiger partial charge is 0.351 e. The van der Waals surface area contributed by atoms with Crippen LogP contribution in [0.15, 0.2) is 53.6 Å². The first-order valence-corrected chi connectivity index (χ1v) is 9.50. The van der Waals surface area contributed by atoms with Crippen molar-refractivity contribution in [3.63, 3.8) is 0 Å². The van der Waals surface area contributed by atoms with Crippen molar-refractivity contribution in [2.24, 2.45) is 10.9 Å². The fourth-order valence-electron chi connectivity index (χ4n) is 3.66. The van der Waals surface area contributed by atoms with Crippen molar-refractivity contribution in [3.8, 4) is 0 Å². The van der Waals surface area contributed by atoms with Crippen LogP contribution in [0.2, 0.25) is 0 Å². The minimum absolute atomic E-state index is 0.0255. The summed E-state index contributed by atoms with van der Waals surface area (Å²) in [5.74, 6) is -1.38. The van der Waals surface area contributed by atoms with Crippen LogP contribution in [0.4, 0.5) is 16.2 Å². The van der Waals surface area contributed by atoms with E-state index in [9.17, 15) is 24.5 Å². The first-order chi connectivity index (χ1) is 14.4. The van der Waals surface area contributed by atoms with E-state index in [-0.39, 0.29) is 18.1 Å². The van der Waals surface area contributed by atoms with Crippen molar-refractivity contribution < 1.29 is 19.3 Å². The number of benzene rings is 1. The highest BCUT2D eigenvalue weighted by Crippen LogP contribution is 2.22. The molecule has 3 aliphatic rings. The van der Waals surface area contributed by atoms with Crippen LogP contribution < -0.4 is 4.90 Å². The molecule has 10 nitrogen and oxygen atoms in total. The predicted molar refractivity (Wildman–Crippen MR) is 108 cm³/mol. The number of nitro benzene ring substituents is 1. The van der Waals surface area contributed by atoms with Gasteiger partial charge in [0.1, 0.15) is 6.54 Å². The highest BCUT2D eigenvalue weighted by molar-refractivity contribution is 6.22. The number of nitrogens with zero attached hydrogens (tertiary/aromatic N) is 5. The minimum Gasteiger partial charge on any atom is -0.368 e. The van der Waals surface area contributed by atoms with E-state index in [1.165, 1.54) is 12.1 Å². The fourth-order valence-corrected chi connectivity index (χ4v) is 3.66. The topological polar surface area (TPSA) is 116 Å². The van der Waals surface area contributed by atoms with Gasteiger partial charge in [-0.3, -0.25) is 24.6 Å². The van der Waals surface area contributed by atoms with Crippen LogP contribution in [-0.4, -0.2) is 71.0 Å². The molecule has 1 fully saturated rings. The number of hydrogen-bond donors (Lipinski definition) is 0. The Morgan fingerprint density at radius 2 is 1.80 bits per heavy atom. The van der Waals surface area contributed by atoms with E-state index in [4.69, 9.17) is 0 Å². The Kier molecular flexibility index (Phi) is 5.13. The molecule has 1 aliphatic carbocycles. The van der Waals surface area contributed by atoms with Crippen LogP contribution >= 0.6 is 0 Å². The molecule has 0 bridgehead atoms. The van der Waals surface area contributed by atoms with E-state index in [2.05, 4.69) is 4.99 Å². The van der Waals surface area contributed by atoms with E-state index in [0.717, 1.165) is 10.6 Å². The van der Waals surface area contributed by atoms with Gasteiger partial charge in [0.2, 0.25) is 11.8 Å². The van der Waals surface area contributed by atoms with Crippen LogP contribution in [0.1, 0.15) is 0 Å². The standard InChI is InChI=1S/C20H19N5O5/c26-18(13-24-19(27)16-3-1-2-4-17(16)21-20(24)28)23-11-9-22(10-12-23)14-5-7-15(8-6-14)25(29)30/h1-8,16H,9-13H2. The maximum absolute atomic E-state index is 12.7. The van der Waals surface area contributed by atoms with Gasteiger partial charge < -0.3 is 9.80 Å². The molecule has 1 saturated heterocycles. The molecular formula is C20H19N5O5. The number of non-ortho nitro benzene ring substituents is 1. The molecule has 0 aromatic heterocycles. The zero-order valence-electron chi connectivity index (χ0n) is 16.0. The van der Waals surface area contributed by atoms with Crippen molar-refractivity contribution in [1.82, 2.24) is 9.80 Å². The van der Waals surface area contributed by atoms with Gasteiger partial charge in [0.05, 0.1) is 16.6 Å². The molecule has 1 unspecified atom stereocenters. The number of aliphatic imine (C=N–C) groups is 1. The molecule has 2 aliphatic heterocycles. The van der Waals surface area contributed by atoms with Gasteiger partial charge in [-0.15, -0.1) is 0 Å². The number of carbonyl (C=O) groups is 3. The van der Waals surface area contributed by atoms with Crippen LogP contribution in [0.5, 0.6) is 0 Å². The lowest BCUT2D eigenvalue weighted by Gasteiger charge is -2.37. The third kappa shape index (κ3) is 3.71. The number of carbonyl (C=O) groups excluding carboxylic acids is 3. The maximum Gasteiger partial charge on any atom is 0.351 e. The summed E-state index contributed by atoms with van der Waals surface area (Å²) in [7, 11) is 0. The Hall–Kier alpha value is -3.82. The molecule has 0 saturated carbocycles. The molecule has 1 atom stereocenters. The Balaban J connectivity index is 1.35. The summed E-state index contributed by atoms with van der Waals surface area (Å²) < 4.78 is 0. The number of hydrogen-bond acceptors (Lipinski definition) is 6. The summed E-state index contributed by atoms with van der Waals surface area (Å²) >= 11 is 0. The van der Waals surface area contributed by atoms with E-state index in [1.54, 1.807) is 41.3 Å². The van der Waals surface area contributed by atoms with Crippen LogP contribution in [0, 0.1) is 16.0 Å². The zero-order chi connectivity index (χ0) is 21.3. The van der Waals surface area contributed by atoms with Gasteiger partial charge in [-0.25, -0.2) is 4.79 Å². The molecular weight excluding hydrogens is 390 g/mol.